The van der Waals surface area contributed by atoms with Crippen molar-refractivity contribution in [2.24, 2.45) is 0 Å². The molecule has 3 aromatic heterocycles. The maximum atomic E-state index is 12.3. The van der Waals surface area contributed by atoms with Crippen LogP contribution in [0.2, 0.25) is 0 Å². The lowest BCUT2D eigenvalue weighted by Crippen LogP contribution is -2.27. The van der Waals surface area contributed by atoms with Crippen molar-refractivity contribution < 1.29 is 14.3 Å². The van der Waals surface area contributed by atoms with E-state index in [2.05, 4.69) is 81.1 Å². The van der Waals surface area contributed by atoms with E-state index in [1.807, 2.05) is 0 Å². The first-order chi connectivity index (χ1) is 19.2. The SMILES string of the molecule is CCc1c(C)c2cc3[nH]c(cc4nc(c(C)c5nc(cc1[nH]2)C(C)=C5)CC4C)c(C)c3COC(=O)NCCOC. The number of aromatic nitrogens is 4. The molecule has 0 aromatic carbocycles. The molecule has 8 nitrogen and oxygen atoms in total. The number of methoxy groups -OCH3 is 1. The van der Waals surface area contributed by atoms with Crippen LogP contribution in [0.3, 0.4) is 0 Å². The Bertz CT molecular complexity index is 1660. The summed E-state index contributed by atoms with van der Waals surface area (Å²) in [4.78, 5) is 29.7. The number of alkyl carbamates (subject to hydrolysis) is 1. The van der Waals surface area contributed by atoms with Crippen LogP contribution in [-0.4, -0.2) is 46.3 Å². The Balaban J connectivity index is 1.77. The van der Waals surface area contributed by atoms with Gasteiger partial charge in [0, 0.05) is 58.6 Å². The van der Waals surface area contributed by atoms with E-state index in [9.17, 15) is 4.79 Å². The molecule has 8 heteroatoms. The monoisotopic (exact) mass is 541 g/mol. The molecule has 2 aliphatic rings. The highest BCUT2D eigenvalue weighted by Gasteiger charge is 2.21. The summed E-state index contributed by atoms with van der Waals surface area (Å²) < 4.78 is 10.6. The second kappa shape index (κ2) is 11.3. The first-order valence-electron chi connectivity index (χ1n) is 14.0. The van der Waals surface area contributed by atoms with Gasteiger partial charge in [-0.05, 0) is 92.6 Å². The van der Waals surface area contributed by atoms with Gasteiger partial charge in [0.2, 0.25) is 0 Å². The molecule has 0 saturated carbocycles. The second-order valence-corrected chi connectivity index (χ2v) is 10.8. The maximum absolute atomic E-state index is 12.3. The van der Waals surface area contributed by atoms with E-state index in [1.54, 1.807) is 7.11 Å². The van der Waals surface area contributed by atoms with Crippen molar-refractivity contribution in [1.82, 2.24) is 25.3 Å². The molecule has 2 aliphatic heterocycles. The summed E-state index contributed by atoms with van der Waals surface area (Å²) in [5.74, 6) is 0.281. The fourth-order valence-electron chi connectivity index (χ4n) is 5.54. The Morgan fingerprint density at radius 2 is 1.68 bits per heavy atom. The van der Waals surface area contributed by atoms with Gasteiger partial charge in [-0.3, -0.25) is 4.98 Å². The number of carbonyl (C=O) groups is 1. The molecule has 5 rings (SSSR count). The Labute approximate surface area is 235 Å². The summed E-state index contributed by atoms with van der Waals surface area (Å²) in [5.41, 5.74) is 14.7. The molecule has 1 atom stereocenters. The Morgan fingerprint density at radius 3 is 2.40 bits per heavy atom. The summed E-state index contributed by atoms with van der Waals surface area (Å²) in [5, 5.41) is 2.73. The zero-order valence-electron chi connectivity index (χ0n) is 24.5. The van der Waals surface area contributed by atoms with E-state index >= 15 is 0 Å². The predicted octanol–water partition coefficient (Wildman–Crippen LogP) is 6.58. The van der Waals surface area contributed by atoms with Gasteiger partial charge >= 0.3 is 6.09 Å². The summed E-state index contributed by atoms with van der Waals surface area (Å²) >= 11 is 0. The van der Waals surface area contributed by atoms with Gasteiger partial charge < -0.3 is 24.8 Å². The van der Waals surface area contributed by atoms with Gasteiger partial charge in [0.1, 0.15) is 6.61 Å². The van der Waals surface area contributed by atoms with Crippen LogP contribution in [0.5, 0.6) is 0 Å². The van der Waals surface area contributed by atoms with Crippen LogP contribution in [0.4, 0.5) is 4.79 Å². The first kappa shape index (κ1) is 27.6. The van der Waals surface area contributed by atoms with Crippen LogP contribution in [-0.2, 0) is 28.9 Å². The normalized spacial score (nSPS) is 14.8. The van der Waals surface area contributed by atoms with E-state index in [-0.39, 0.29) is 12.5 Å². The number of fused-ring (bicyclic) bond motifs is 8. The highest BCUT2D eigenvalue weighted by molar-refractivity contribution is 5.85. The quantitative estimate of drug-likeness (QED) is 0.306. The number of aromatic amines is 2. The van der Waals surface area contributed by atoms with Gasteiger partial charge in [-0.15, -0.1) is 0 Å². The molecule has 1 unspecified atom stereocenters. The number of nitrogens with one attached hydrogen (secondary N) is 3. The zero-order valence-corrected chi connectivity index (χ0v) is 24.5. The summed E-state index contributed by atoms with van der Waals surface area (Å²) in [6, 6.07) is 6.42. The summed E-state index contributed by atoms with van der Waals surface area (Å²) in [6.45, 7) is 13.8. The lowest BCUT2D eigenvalue weighted by molar-refractivity contribution is 0.133. The molecule has 0 aliphatic carbocycles. The predicted molar refractivity (Wildman–Crippen MR) is 160 cm³/mol. The van der Waals surface area contributed by atoms with E-state index in [0.717, 1.165) is 79.9 Å². The maximum Gasteiger partial charge on any atom is 0.407 e. The topological polar surface area (TPSA) is 105 Å². The van der Waals surface area contributed by atoms with Crippen molar-refractivity contribution in [3.05, 3.63) is 68.8 Å². The molecule has 210 valence electrons. The molecule has 0 saturated heterocycles. The van der Waals surface area contributed by atoms with Gasteiger partial charge in [-0.1, -0.05) is 13.8 Å². The molecule has 0 spiro atoms. The Kier molecular flexibility index (Phi) is 7.81. The zero-order chi connectivity index (χ0) is 28.6. The number of allylic oxidation sites excluding steroid dienone is 1. The molecular formula is C32H39N5O3. The number of H-pyrrole nitrogens is 2. The van der Waals surface area contributed by atoms with Crippen LogP contribution in [0.1, 0.15) is 77.3 Å². The van der Waals surface area contributed by atoms with Gasteiger partial charge in [0.25, 0.3) is 0 Å². The van der Waals surface area contributed by atoms with Crippen molar-refractivity contribution >= 4 is 39.8 Å². The van der Waals surface area contributed by atoms with Gasteiger partial charge in [0.05, 0.1) is 18.0 Å². The fourth-order valence-corrected chi connectivity index (χ4v) is 5.54. The van der Waals surface area contributed by atoms with Crippen molar-refractivity contribution in [2.75, 3.05) is 20.3 Å². The fraction of sp³-hybridized carbons (Fsp3) is 0.406. The Morgan fingerprint density at radius 1 is 0.975 bits per heavy atom. The number of ether oxygens (including phenoxy) is 2. The van der Waals surface area contributed by atoms with Crippen LogP contribution >= 0.6 is 0 Å². The summed E-state index contributed by atoms with van der Waals surface area (Å²) in [6.07, 6.45) is 3.47. The minimum Gasteiger partial charge on any atom is -0.445 e. The van der Waals surface area contributed by atoms with E-state index in [1.165, 1.54) is 11.1 Å². The van der Waals surface area contributed by atoms with Crippen molar-refractivity contribution in [3.8, 4) is 0 Å². The average molecular weight is 542 g/mol. The van der Waals surface area contributed by atoms with Crippen molar-refractivity contribution in [1.29, 1.82) is 0 Å². The highest BCUT2D eigenvalue weighted by atomic mass is 16.5. The van der Waals surface area contributed by atoms with E-state index < -0.39 is 6.09 Å². The van der Waals surface area contributed by atoms with Gasteiger partial charge in [-0.2, -0.15) is 0 Å². The van der Waals surface area contributed by atoms with E-state index in [4.69, 9.17) is 19.4 Å². The highest BCUT2D eigenvalue weighted by Crippen LogP contribution is 2.32. The molecule has 1 amide bonds. The number of amides is 1. The number of nitrogens with zero attached hydrogens (tertiary/aromatic N) is 2. The Hall–Kier alpha value is -3.91. The molecular weight excluding hydrogens is 502 g/mol. The third-order valence-corrected chi connectivity index (χ3v) is 8.12. The molecule has 3 aromatic rings. The molecule has 3 N–H and O–H groups in total. The molecule has 0 radical (unpaired) electrons. The largest absolute Gasteiger partial charge is 0.445 e. The minimum atomic E-state index is -0.468. The molecule has 8 bridgehead atoms. The number of hydrogen-bond acceptors (Lipinski definition) is 5. The molecule has 5 heterocycles. The van der Waals surface area contributed by atoms with Crippen LogP contribution in [0.15, 0.2) is 18.2 Å². The third-order valence-electron chi connectivity index (χ3n) is 8.12. The average Bonchev–Trinajstić information content (AvgIpc) is 3.64. The van der Waals surface area contributed by atoms with E-state index in [0.29, 0.717) is 13.2 Å². The van der Waals surface area contributed by atoms with Crippen LogP contribution in [0, 0.1) is 20.8 Å². The number of aryl methyl sites for hydroxylation is 3. The lowest BCUT2D eigenvalue weighted by Gasteiger charge is -2.07. The lowest BCUT2D eigenvalue weighted by atomic mass is 10.0. The van der Waals surface area contributed by atoms with Gasteiger partial charge in [0.15, 0.2) is 0 Å². The minimum absolute atomic E-state index is 0.144. The molecule has 0 fully saturated rings. The van der Waals surface area contributed by atoms with Gasteiger partial charge in [-0.25, -0.2) is 9.78 Å². The van der Waals surface area contributed by atoms with Crippen LogP contribution < -0.4 is 5.32 Å². The number of rotatable bonds is 6. The third kappa shape index (κ3) is 5.28. The number of hydrogen-bond donors (Lipinski definition) is 3. The van der Waals surface area contributed by atoms with Crippen molar-refractivity contribution in [2.45, 2.75) is 66.9 Å². The van der Waals surface area contributed by atoms with Crippen molar-refractivity contribution in [3.63, 3.8) is 0 Å². The number of carbonyl (C=O) groups excluding carboxylic acids is 1. The summed E-state index contributed by atoms with van der Waals surface area (Å²) in [7, 11) is 1.60. The smallest absolute Gasteiger partial charge is 0.407 e. The molecule has 40 heavy (non-hydrogen) atoms. The standard InChI is InChI=1S/C32H39N5O3/c1-8-22-19(4)29-15-31-23(16-40-32(38)33-9-10-39-7)20(5)28(37-31)13-24-17(2)11-26(34-24)21(6)27-12-18(3)25(35-27)14-30(22)36-29/h12-15,17,36-37H,8-11,16H2,1-7H3,(H,33,38). The van der Waals surface area contributed by atoms with Crippen LogP contribution in [0.25, 0.3) is 33.7 Å². The first-order valence-corrected chi connectivity index (χ1v) is 14.0. The second-order valence-electron chi connectivity index (χ2n) is 10.8.